The number of H-pyrrole nitrogens is 2. The third-order valence-electron chi connectivity index (χ3n) is 3.97. The van der Waals surface area contributed by atoms with E-state index in [2.05, 4.69) is 15.1 Å². The molecule has 0 spiro atoms. The lowest BCUT2D eigenvalue weighted by molar-refractivity contribution is 0.415. The van der Waals surface area contributed by atoms with Gasteiger partial charge in [0.05, 0.1) is 18.8 Å². The zero-order valence-corrected chi connectivity index (χ0v) is 13.3. The van der Waals surface area contributed by atoms with E-state index >= 15 is 0 Å². The lowest BCUT2D eigenvalue weighted by Gasteiger charge is -2.00. The Kier molecular flexibility index (Phi) is 3.46. The molecular weight excluding hydrogens is 320 g/mol. The summed E-state index contributed by atoms with van der Waals surface area (Å²) in [7, 11) is 1.58. The van der Waals surface area contributed by atoms with Gasteiger partial charge in [-0.2, -0.15) is 5.10 Å². The van der Waals surface area contributed by atoms with E-state index in [-0.39, 0.29) is 0 Å². The van der Waals surface area contributed by atoms with Gasteiger partial charge in [-0.15, -0.1) is 4.68 Å². The SMILES string of the molecule is COc1ccc(/C=N/n2c(=O)[nH]c3c([nH]c4ccccc43)c2=O)cc1. The quantitative estimate of drug-likeness (QED) is 0.562. The van der Waals surface area contributed by atoms with Crippen LogP contribution in [-0.4, -0.2) is 28.0 Å². The standard InChI is InChI=1S/C18H14N4O3/c1-25-12-8-6-11(7-9-12)10-19-22-17(23)16-15(21-18(22)24)13-4-2-3-5-14(13)20-16/h2-10,20H,1H3,(H,21,24)/b19-10+. The number of benzene rings is 2. The summed E-state index contributed by atoms with van der Waals surface area (Å²) in [6.45, 7) is 0. The monoisotopic (exact) mass is 334 g/mol. The number of ether oxygens (including phenoxy) is 1. The fraction of sp³-hybridized carbons (Fsp3) is 0.0556. The number of hydrogen-bond acceptors (Lipinski definition) is 4. The number of nitrogens with zero attached hydrogens (tertiary/aromatic N) is 2. The number of aromatic nitrogens is 3. The maximum absolute atomic E-state index is 12.6. The summed E-state index contributed by atoms with van der Waals surface area (Å²) in [5.74, 6) is 0.714. The van der Waals surface area contributed by atoms with Crippen LogP contribution in [0.25, 0.3) is 21.9 Å². The summed E-state index contributed by atoms with van der Waals surface area (Å²) >= 11 is 0. The number of fused-ring (bicyclic) bond motifs is 3. The smallest absolute Gasteiger partial charge is 0.350 e. The van der Waals surface area contributed by atoms with Crippen molar-refractivity contribution in [1.29, 1.82) is 0 Å². The summed E-state index contributed by atoms with van der Waals surface area (Å²) < 4.78 is 5.90. The largest absolute Gasteiger partial charge is 0.497 e. The highest BCUT2D eigenvalue weighted by Gasteiger charge is 2.11. The summed E-state index contributed by atoms with van der Waals surface area (Å²) in [5, 5.41) is 4.82. The summed E-state index contributed by atoms with van der Waals surface area (Å²) in [6.07, 6.45) is 1.45. The van der Waals surface area contributed by atoms with Gasteiger partial charge in [-0.25, -0.2) is 4.79 Å². The van der Waals surface area contributed by atoms with Gasteiger partial charge < -0.3 is 14.7 Å². The Morgan fingerprint density at radius 2 is 1.76 bits per heavy atom. The topological polar surface area (TPSA) is 92.2 Å². The van der Waals surface area contributed by atoms with Gasteiger partial charge in [0.1, 0.15) is 11.3 Å². The molecule has 4 rings (SSSR count). The second-order valence-electron chi connectivity index (χ2n) is 5.49. The highest BCUT2D eigenvalue weighted by atomic mass is 16.5. The molecule has 0 amide bonds. The number of para-hydroxylation sites is 1. The van der Waals surface area contributed by atoms with Gasteiger partial charge in [-0.05, 0) is 35.9 Å². The van der Waals surface area contributed by atoms with Crippen LogP contribution in [0.3, 0.4) is 0 Å². The minimum absolute atomic E-state index is 0.313. The molecule has 0 radical (unpaired) electrons. The normalized spacial score (nSPS) is 11.6. The molecule has 25 heavy (non-hydrogen) atoms. The van der Waals surface area contributed by atoms with Crippen LogP contribution < -0.4 is 16.0 Å². The van der Waals surface area contributed by atoms with Gasteiger partial charge >= 0.3 is 11.2 Å². The molecule has 0 saturated carbocycles. The average molecular weight is 334 g/mol. The number of nitrogens with one attached hydrogen (secondary N) is 2. The lowest BCUT2D eigenvalue weighted by atomic mass is 10.2. The molecule has 0 aliphatic carbocycles. The Morgan fingerprint density at radius 1 is 1.00 bits per heavy atom. The van der Waals surface area contributed by atoms with Gasteiger partial charge in [0, 0.05) is 10.9 Å². The van der Waals surface area contributed by atoms with E-state index < -0.39 is 11.2 Å². The lowest BCUT2D eigenvalue weighted by Crippen LogP contribution is -2.32. The molecule has 0 fully saturated rings. The van der Waals surface area contributed by atoms with Crippen molar-refractivity contribution in [2.45, 2.75) is 0 Å². The molecule has 0 bridgehead atoms. The maximum Gasteiger partial charge on any atom is 0.350 e. The molecule has 2 aromatic carbocycles. The van der Waals surface area contributed by atoms with Crippen LogP contribution in [-0.2, 0) is 0 Å². The maximum atomic E-state index is 12.6. The van der Waals surface area contributed by atoms with Crippen molar-refractivity contribution in [2.75, 3.05) is 7.11 Å². The van der Waals surface area contributed by atoms with Gasteiger partial charge in [-0.1, -0.05) is 18.2 Å². The molecule has 2 N–H and O–H groups in total. The zero-order valence-electron chi connectivity index (χ0n) is 13.3. The molecular formula is C18H14N4O3. The van der Waals surface area contributed by atoms with Gasteiger partial charge in [0.15, 0.2) is 0 Å². The first-order valence-electron chi connectivity index (χ1n) is 7.61. The molecule has 0 saturated heterocycles. The molecule has 4 aromatic rings. The third kappa shape index (κ3) is 2.51. The first-order valence-corrected chi connectivity index (χ1v) is 7.61. The summed E-state index contributed by atoms with van der Waals surface area (Å²) in [4.78, 5) is 30.6. The highest BCUT2D eigenvalue weighted by molar-refractivity contribution is 6.04. The van der Waals surface area contributed by atoms with Crippen LogP contribution >= 0.6 is 0 Å². The fourth-order valence-electron chi connectivity index (χ4n) is 2.71. The van der Waals surface area contributed by atoms with E-state index in [1.165, 1.54) is 6.21 Å². The minimum Gasteiger partial charge on any atom is -0.497 e. The van der Waals surface area contributed by atoms with Crippen molar-refractivity contribution in [3.8, 4) is 5.75 Å². The second-order valence-corrected chi connectivity index (χ2v) is 5.49. The number of methoxy groups -OCH3 is 1. The molecule has 0 aliphatic rings. The van der Waals surface area contributed by atoms with Crippen LogP contribution in [0.5, 0.6) is 5.75 Å². The van der Waals surface area contributed by atoms with Crippen molar-refractivity contribution in [3.63, 3.8) is 0 Å². The average Bonchev–Trinajstić information content (AvgIpc) is 3.01. The molecule has 7 nitrogen and oxygen atoms in total. The first kappa shape index (κ1) is 14.9. The number of rotatable bonds is 3. The van der Waals surface area contributed by atoms with Crippen molar-refractivity contribution in [1.82, 2.24) is 14.6 Å². The van der Waals surface area contributed by atoms with Crippen LogP contribution in [0.4, 0.5) is 0 Å². The Morgan fingerprint density at radius 3 is 2.52 bits per heavy atom. The Bertz CT molecular complexity index is 1210. The van der Waals surface area contributed by atoms with E-state index in [4.69, 9.17) is 4.74 Å². The molecule has 2 aromatic heterocycles. The van der Waals surface area contributed by atoms with Crippen LogP contribution in [0.15, 0.2) is 63.2 Å². The minimum atomic E-state index is -0.591. The highest BCUT2D eigenvalue weighted by Crippen LogP contribution is 2.19. The number of aromatic amines is 2. The first-order chi connectivity index (χ1) is 12.2. The summed E-state index contributed by atoms with van der Waals surface area (Å²) in [6, 6.07) is 14.5. The molecule has 7 heteroatoms. The molecule has 2 heterocycles. The molecule has 0 aliphatic heterocycles. The van der Waals surface area contributed by atoms with Crippen molar-refractivity contribution in [2.24, 2.45) is 5.10 Å². The van der Waals surface area contributed by atoms with E-state index in [1.807, 2.05) is 24.3 Å². The van der Waals surface area contributed by atoms with E-state index in [9.17, 15) is 9.59 Å². The van der Waals surface area contributed by atoms with E-state index in [0.29, 0.717) is 16.8 Å². The van der Waals surface area contributed by atoms with Crippen molar-refractivity contribution < 1.29 is 4.74 Å². The number of hydrogen-bond donors (Lipinski definition) is 2. The van der Waals surface area contributed by atoms with Crippen molar-refractivity contribution in [3.05, 3.63) is 74.9 Å². The van der Waals surface area contributed by atoms with Crippen molar-refractivity contribution >= 4 is 28.2 Å². The Labute approximate surface area is 141 Å². The zero-order chi connectivity index (χ0) is 17.4. The Balaban J connectivity index is 1.84. The van der Waals surface area contributed by atoms with Gasteiger partial charge in [-0.3, -0.25) is 4.79 Å². The molecule has 0 unspecified atom stereocenters. The van der Waals surface area contributed by atoms with Crippen LogP contribution in [0, 0.1) is 0 Å². The van der Waals surface area contributed by atoms with Crippen LogP contribution in [0.2, 0.25) is 0 Å². The molecule has 0 atom stereocenters. The predicted octanol–water partition coefficient (Wildman–Crippen LogP) is 2.06. The van der Waals surface area contributed by atoms with Gasteiger partial charge in [0.25, 0.3) is 0 Å². The molecule has 124 valence electrons. The predicted molar refractivity (Wildman–Crippen MR) is 96.7 cm³/mol. The second kappa shape index (κ2) is 5.79. The van der Waals surface area contributed by atoms with Crippen LogP contribution in [0.1, 0.15) is 5.56 Å². The Hall–Kier alpha value is -3.61. The van der Waals surface area contributed by atoms with E-state index in [0.717, 1.165) is 21.1 Å². The fourth-order valence-corrected chi connectivity index (χ4v) is 2.71. The third-order valence-corrected chi connectivity index (χ3v) is 3.97. The summed E-state index contributed by atoms with van der Waals surface area (Å²) in [5.41, 5.74) is 1.23. The van der Waals surface area contributed by atoms with Gasteiger partial charge in [0.2, 0.25) is 0 Å². The van der Waals surface area contributed by atoms with E-state index in [1.54, 1.807) is 31.4 Å².